The highest BCUT2D eigenvalue weighted by atomic mass is 32.2. The van der Waals surface area contributed by atoms with Crippen molar-refractivity contribution in [3.8, 4) is 0 Å². The number of benzene rings is 1. The minimum absolute atomic E-state index is 0.116. The van der Waals surface area contributed by atoms with Gasteiger partial charge < -0.3 is 11.5 Å². The van der Waals surface area contributed by atoms with E-state index >= 15 is 0 Å². The van der Waals surface area contributed by atoms with E-state index in [9.17, 15) is 17.6 Å². The van der Waals surface area contributed by atoms with Crippen molar-refractivity contribution in [2.45, 2.75) is 17.1 Å². The maximum atomic E-state index is 12.9. The van der Waals surface area contributed by atoms with Gasteiger partial charge in [0.1, 0.15) is 11.1 Å². The Balaban J connectivity index is 3.38. The second kappa shape index (κ2) is 4.09. The molecule has 0 spiro atoms. The summed E-state index contributed by atoms with van der Waals surface area (Å²) in [6.07, 6.45) is 0. The molecule has 1 atom stereocenters. The fourth-order valence-electron chi connectivity index (χ4n) is 1.10. The van der Waals surface area contributed by atoms with Crippen molar-refractivity contribution in [3.05, 3.63) is 24.0 Å². The van der Waals surface area contributed by atoms with Crippen LogP contribution in [0.3, 0.4) is 0 Å². The first-order valence-electron chi connectivity index (χ1n) is 4.35. The molecule has 0 aliphatic rings. The molecular formula is C9H11FN2O3S. The number of rotatable bonds is 3. The van der Waals surface area contributed by atoms with Gasteiger partial charge in [-0.15, -0.1) is 0 Å². The summed E-state index contributed by atoms with van der Waals surface area (Å²) in [5.74, 6) is -1.76. The summed E-state index contributed by atoms with van der Waals surface area (Å²) in [7, 11) is -4.03. The van der Waals surface area contributed by atoms with E-state index in [1.807, 2.05) is 0 Å². The zero-order valence-electron chi connectivity index (χ0n) is 8.48. The molecule has 1 amide bonds. The predicted molar refractivity (Wildman–Crippen MR) is 56.7 cm³/mol. The van der Waals surface area contributed by atoms with Gasteiger partial charge in [-0.1, -0.05) is 0 Å². The minimum Gasteiger partial charge on any atom is -0.398 e. The first-order valence-corrected chi connectivity index (χ1v) is 5.89. The molecule has 16 heavy (non-hydrogen) atoms. The van der Waals surface area contributed by atoms with Gasteiger partial charge in [-0.3, -0.25) is 4.79 Å². The Bertz CT molecular complexity index is 528. The van der Waals surface area contributed by atoms with Crippen LogP contribution in [0.25, 0.3) is 0 Å². The summed E-state index contributed by atoms with van der Waals surface area (Å²) >= 11 is 0. The van der Waals surface area contributed by atoms with Gasteiger partial charge in [-0.25, -0.2) is 12.8 Å². The average molecular weight is 246 g/mol. The van der Waals surface area contributed by atoms with Gasteiger partial charge in [0.15, 0.2) is 9.84 Å². The van der Waals surface area contributed by atoms with Gasteiger partial charge in [0.25, 0.3) is 0 Å². The van der Waals surface area contributed by atoms with Crippen LogP contribution in [0.1, 0.15) is 6.92 Å². The first kappa shape index (κ1) is 12.4. The van der Waals surface area contributed by atoms with Crippen LogP contribution in [0.2, 0.25) is 0 Å². The monoisotopic (exact) mass is 246 g/mol. The van der Waals surface area contributed by atoms with Gasteiger partial charge in [0.2, 0.25) is 5.91 Å². The lowest BCUT2D eigenvalue weighted by Gasteiger charge is -2.11. The van der Waals surface area contributed by atoms with Crippen LogP contribution < -0.4 is 11.5 Å². The lowest BCUT2D eigenvalue weighted by atomic mass is 10.3. The Morgan fingerprint density at radius 2 is 2.00 bits per heavy atom. The van der Waals surface area contributed by atoms with Crippen LogP contribution in [0, 0.1) is 5.82 Å². The lowest BCUT2D eigenvalue weighted by molar-refractivity contribution is -0.117. The van der Waals surface area contributed by atoms with Crippen LogP contribution in [0.4, 0.5) is 10.1 Å². The molecule has 1 aromatic rings. The second-order valence-electron chi connectivity index (χ2n) is 3.27. The average Bonchev–Trinajstić information content (AvgIpc) is 2.20. The van der Waals surface area contributed by atoms with Gasteiger partial charge in [-0.05, 0) is 25.1 Å². The number of primary amides is 1. The molecule has 0 aromatic heterocycles. The number of sulfone groups is 1. The predicted octanol–water partition coefficient (Wildman–Crippen LogP) is 0.0554. The van der Waals surface area contributed by atoms with Crippen molar-refractivity contribution in [2.24, 2.45) is 5.73 Å². The highest BCUT2D eigenvalue weighted by Crippen LogP contribution is 2.23. The molecule has 0 saturated carbocycles. The fraction of sp³-hybridized carbons (Fsp3) is 0.222. The van der Waals surface area contributed by atoms with Crippen LogP contribution >= 0.6 is 0 Å². The van der Waals surface area contributed by atoms with E-state index in [4.69, 9.17) is 11.5 Å². The topological polar surface area (TPSA) is 103 Å². The van der Waals surface area contributed by atoms with Crippen molar-refractivity contribution in [2.75, 3.05) is 5.73 Å². The number of anilines is 1. The van der Waals surface area contributed by atoms with Crippen LogP contribution in [-0.4, -0.2) is 19.6 Å². The molecule has 0 aliphatic heterocycles. The maximum absolute atomic E-state index is 12.9. The van der Waals surface area contributed by atoms with E-state index in [-0.39, 0.29) is 5.69 Å². The summed E-state index contributed by atoms with van der Waals surface area (Å²) in [4.78, 5) is 10.4. The maximum Gasteiger partial charge on any atom is 0.235 e. The van der Waals surface area contributed by atoms with E-state index in [1.165, 1.54) is 0 Å². The molecule has 88 valence electrons. The molecule has 0 saturated heterocycles. The SMILES string of the molecule is CC(C(N)=O)S(=O)(=O)c1cc(F)ccc1N. The quantitative estimate of drug-likeness (QED) is 0.735. The van der Waals surface area contributed by atoms with Gasteiger partial charge in [0, 0.05) is 0 Å². The molecule has 7 heteroatoms. The first-order chi connectivity index (χ1) is 7.26. The number of carbonyl (C=O) groups is 1. The lowest BCUT2D eigenvalue weighted by Crippen LogP contribution is -2.33. The molecule has 0 fully saturated rings. The zero-order valence-corrected chi connectivity index (χ0v) is 9.29. The van der Waals surface area contributed by atoms with Gasteiger partial charge in [-0.2, -0.15) is 0 Å². The summed E-state index contributed by atoms with van der Waals surface area (Å²) in [5.41, 5.74) is 10.2. The van der Waals surface area contributed by atoms with E-state index in [2.05, 4.69) is 0 Å². The van der Waals surface area contributed by atoms with Gasteiger partial charge >= 0.3 is 0 Å². The molecular weight excluding hydrogens is 235 g/mol. The van der Waals surface area contributed by atoms with E-state index < -0.39 is 31.7 Å². The largest absolute Gasteiger partial charge is 0.398 e. The smallest absolute Gasteiger partial charge is 0.235 e. The number of carbonyl (C=O) groups excluding carboxylic acids is 1. The standard InChI is InChI=1S/C9H11FN2O3S/c1-5(9(12)13)16(14,15)8-4-6(10)2-3-7(8)11/h2-5H,11H2,1H3,(H2,12,13). The van der Waals surface area contributed by atoms with E-state index in [1.54, 1.807) is 0 Å². The van der Waals surface area contributed by atoms with Gasteiger partial charge in [0.05, 0.1) is 10.6 Å². The third-order valence-corrected chi connectivity index (χ3v) is 4.28. The zero-order chi connectivity index (χ0) is 12.5. The Labute approximate surface area is 92.2 Å². The number of nitrogen functional groups attached to an aromatic ring is 1. The molecule has 5 nitrogen and oxygen atoms in total. The Kier molecular flexibility index (Phi) is 3.18. The minimum atomic E-state index is -4.03. The van der Waals surface area contributed by atoms with Crippen molar-refractivity contribution < 1.29 is 17.6 Å². The Morgan fingerprint density at radius 3 is 2.50 bits per heavy atom. The fourth-order valence-corrected chi connectivity index (χ4v) is 2.46. The highest BCUT2D eigenvalue weighted by molar-refractivity contribution is 7.93. The van der Waals surface area contributed by atoms with Crippen molar-refractivity contribution in [1.29, 1.82) is 0 Å². The third kappa shape index (κ3) is 2.13. The number of hydrogen-bond donors (Lipinski definition) is 2. The molecule has 0 radical (unpaired) electrons. The van der Waals surface area contributed by atoms with Crippen molar-refractivity contribution in [1.82, 2.24) is 0 Å². The van der Waals surface area contributed by atoms with Crippen molar-refractivity contribution in [3.63, 3.8) is 0 Å². The molecule has 0 aliphatic carbocycles. The van der Waals surface area contributed by atoms with Crippen molar-refractivity contribution >= 4 is 21.4 Å². The summed E-state index contributed by atoms with van der Waals surface area (Å²) in [6, 6.07) is 2.92. The third-order valence-electron chi connectivity index (χ3n) is 2.15. The molecule has 1 rings (SSSR count). The summed E-state index contributed by atoms with van der Waals surface area (Å²) in [6.45, 7) is 1.13. The molecule has 0 bridgehead atoms. The molecule has 4 N–H and O–H groups in total. The molecule has 1 aromatic carbocycles. The molecule has 0 heterocycles. The van der Waals surface area contributed by atoms with E-state index in [0.717, 1.165) is 25.1 Å². The number of nitrogens with two attached hydrogens (primary N) is 2. The Morgan fingerprint density at radius 1 is 1.44 bits per heavy atom. The number of hydrogen-bond acceptors (Lipinski definition) is 4. The molecule has 1 unspecified atom stereocenters. The highest BCUT2D eigenvalue weighted by Gasteiger charge is 2.29. The van der Waals surface area contributed by atoms with E-state index in [0.29, 0.717) is 0 Å². The number of halogens is 1. The normalized spacial score (nSPS) is 13.4. The second-order valence-corrected chi connectivity index (χ2v) is 5.51. The Hall–Kier alpha value is -1.63. The summed E-state index contributed by atoms with van der Waals surface area (Å²) < 4.78 is 36.5. The van der Waals surface area contributed by atoms with Crippen LogP contribution in [0.5, 0.6) is 0 Å². The van der Waals surface area contributed by atoms with Crippen LogP contribution in [-0.2, 0) is 14.6 Å². The van der Waals surface area contributed by atoms with Crippen LogP contribution in [0.15, 0.2) is 23.1 Å². The number of amides is 1. The summed E-state index contributed by atoms with van der Waals surface area (Å²) in [5, 5.41) is -1.45.